The molecule has 1 heterocycles. The lowest BCUT2D eigenvalue weighted by molar-refractivity contribution is -0.384. The van der Waals surface area contributed by atoms with Crippen molar-refractivity contribution in [1.29, 1.82) is 0 Å². The molecule has 0 fully saturated rings. The Kier molecular flexibility index (Phi) is 5.82. The summed E-state index contributed by atoms with van der Waals surface area (Å²) in [6, 6.07) is 15.5. The monoisotopic (exact) mass is 383 g/mol. The zero-order valence-electron chi connectivity index (χ0n) is 14.5. The number of hydrogen-bond donors (Lipinski definition) is 1. The molecule has 0 unspecified atom stereocenters. The number of carbonyl (C=O) groups is 1. The molecule has 3 aromatic rings. The van der Waals surface area contributed by atoms with Crippen molar-refractivity contribution in [2.24, 2.45) is 0 Å². The molecule has 8 nitrogen and oxygen atoms in total. The van der Waals surface area contributed by atoms with Gasteiger partial charge in [0, 0.05) is 29.9 Å². The third kappa shape index (κ3) is 4.50. The molecule has 9 heteroatoms. The molecule has 0 atom stereocenters. The fourth-order valence-corrected chi connectivity index (χ4v) is 3.30. The van der Waals surface area contributed by atoms with Gasteiger partial charge in [-0.25, -0.2) is 0 Å². The van der Waals surface area contributed by atoms with E-state index in [1.54, 1.807) is 12.1 Å². The minimum atomic E-state index is -0.445. The summed E-state index contributed by atoms with van der Waals surface area (Å²) in [4.78, 5) is 22.7. The van der Waals surface area contributed by atoms with E-state index < -0.39 is 4.92 Å². The lowest BCUT2D eigenvalue weighted by Gasteiger charge is -2.08. The number of nitrogens with one attached hydrogen (secondary N) is 1. The Balaban J connectivity index is 1.73. The van der Waals surface area contributed by atoms with Crippen molar-refractivity contribution >= 4 is 29.0 Å². The molecule has 2 aromatic carbocycles. The number of nitro groups is 1. The summed E-state index contributed by atoms with van der Waals surface area (Å²) >= 11 is 1.27. The minimum Gasteiger partial charge on any atom is -0.325 e. The number of carbonyl (C=O) groups excluding carboxylic acids is 1. The molecule has 27 heavy (non-hydrogen) atoms. The van der Waals surface area contributed by atoms with Crippen LogP contribution in [0.5, 0.6) is 0 Å². The largest absolute Gasteiger partial charge is 0.325 e. The normalized spacial score (nSPS) is 10.6. The van der Waals surface area contributed by atoms with Crippen molar-refractivity contribution in [2.45, 2.75) is 18.6 Å². The predicted molar refractivity (Wildman–Crippen MR) is 104 cm³/mol. The van der Waals surface area contributed by atoms with Crippen LogP contribution in [0.3, 0.4) is 0 Å². The molecule has 1 aromatic heterocycles. The van der Waals surface area contributed by atoms with Crippen molar-refractivity contribution in [3.63, 3.8) is 0 Å². The van der Waals surface area contributed by atoms with Gasteiger partial charge in [0.2, 0.25) is 5.91 Å². The molecular formula is C18H17N5O3S. The summed E-state index contributed by atoms with van der Waals surface area (Å²) in [5.41, 5.74) is 1.34. The molecule has 0 spiro atoms. The number of anilines is 1. The zero-order chi connectivity index (χ0) is 19.2. The first-order valence-electron chi connectivity index (χ1n) is 8.24. The van der Waals surface area contributed by atoms with Gasteiger partial charge >= 0.3 is 0 Å². The van der Waals surface area contributed by atoms with Crippen LogP contribution in [0.15, 0.2) is 59.8 Å². The van der Waals surface area contributed by atoms with Crippen molar-refractivity contribution in [1.82, 2.24) is 14.8 Å². The van der Waals surface area contributed by atoms with Crippen LogP contribution in [0.2, 0.25) is 0 Å². The fourth-order valence-electron chi connectivity index (χ4n) is 2.50. The maximum absolute atomic E-state index is 12.1. The van der Waals surface area contributed by atoms with Crippen LogP contribution in [0.1, 0.15) is 6.92 Å². The van der Waals surface area contributed by atoms with Crippen LogP contribution < -0.4 is 5.32 Å². The van der Waals surface area contributed by atoms with E-state index in [9.17, 15) is 14.9 Å². The highest BCUT2D eigenvalue weighted by Gasteiger charge is 2.16. The van der Waals surface area contributed by atoms with Crippen molar-refractivity contribution in [3.8, 4) is 11.4 Å². The van der Waals surface area contributed by atoms with Gasteiger partial charge < -0.3 is 9.88 Å². The van der Waals surface area contributed by atoms with Crippen LogP contribution in [0, 0.1) is 10.1 Å². The Morgan fingerprint density at radius 3 is 2.67 bits per heavy atom. The molecule has 0 aliphatic heterocycles. The molecule has 0 saturated carbocycles. The van der Waals surface area contributed by atoms with Gasteiger partial charge in [0.25, 0.3) is 5.69 Å². The van der Waals surface area contributed by atoms with Gasteiger partial charge in [-0.2, -0.15) is 0 Å². The summed E-state index contributed by atoms with van der Waals surface area (Å²) in [6.45, 7) is 2.51. The summed E-state index contributed by atoms with van der Waals surface area (Å²) in [7, 11) is 0. The Hall–Kier alpha value is -3.20. The summed E-state index contributed by atoms with van der Waals surface area (Å²) < 4.78 is 1.83. The number of rotatable bonds is 7. The lowest BCUT2D eigenvalue weighted by Crippen LogP contribution is -2.14. The van der Waals surface area contributed by atoms with Gasteiger partial charge in [0.1, 0.15) is 0 Å². The van der Waals surface area contributed by atoms with Crippen LogP contribution in [-0.2, 0) is 11.3 Å². The van der Waals surface area contributed by atoms with Crippen LogP contribution in [0.25, 0.3) is 11.4 Å². The molecule has 0 aliphatic carbocycles. The first-order valence-corrected chi connectivity index (χ1v) is 9.22. The number of hydrogen-bond acceptors (Lipinski definition) is 6. The molecule has 0 saturated heterocycles. The van der Waals surface area contributed by atoms with Crippen LogP contribution in [0.4, 0.5) is 11.4 Å². The van der Waals surface area contributed by atoms with E-state index in [2.05, 4.69) is 15.5 Å². The van der Waals surface area contributed by atoms with E-state index in [4.69, 9.17) is 0 Å². The van der Waals surface area contributed by atoms with Gasteiger partial charge in [0.05, 0.1) is 10.7 Å². The first-order chi connectivity index (χ1) is 13.1. The molecule has 3 rings (SSSR count). The highest BCUT2D eigenvalue weighted by molar-refractivity contribution is 7.99. The number of non-ortho nitro benzene ring substituents is 1. The van der Waals surface area contributed by atoms with E-state index in [1.807, 2.05) is 41.8 Å². The highest BCUT2D eigenvalue weighted by atomic mass is 32.2. The number of para-hydroxylation sites is 1. The fraction of sp³-hybridized carbons (Fsp3) is 0.167. The average molecular weight is 383 g/mol. The van der Waals surface area contributed by atoms with Gasteiger partial charge in [-0.05, 0) is 19.1 Å². The summed E-state index contributed by atoms with van der Waals surface area (Å²) in [5, 5.41) is 22.7. The second-order valence-electron chi connectivity index (χ2n) is 5.56. The second-order valence-corrected chi connectivity index (χ2v) is 6.50. The smallest absolute Gasteiger partial charge is 0.270 e. The number of nitro benzene ring substituents is 1. The number of thioether (sulfide) groups is 1. The molecule has 0 bridgehead atoms. The van der Waals surface area contributed by atoms with E-state index in [0.717, 1.165) is 5.69 Å². The zero-order valence-corrected chi connectivity index (χ0v) is 15.3. The van der Waals surface area contributed by atoms with E-state index in [-0.39, 0.29) is 17.3 Å². The van der Waals surface area contributed by atoms with Crippen LogP contribution >= 0.6 is 11.8 Å². The molecule has 138 valence electrons. The highest BCUT2D eigenvalue weighted by Crippen LogP contribution is 2.26. The lowest BCUT2D eigenvalue weighted by atomic mass is 10.2. The van der Waals surface area contributed by atoms with Crippen LogP contribution in [-0.4, -0.2) is 31.3 Å². The molecule has 0 aliphatic rings. The SMILES string of the molecule is CCn1c(SCC(=O)Nc2ccccc2)nnc1-c1cccc([N+](=O)[O-])c1. The number of aromatic nitrogens is 3. The number of nitrogens with zero attached hydrogens (tertiary/aromatic N) is 4. The second kappa shape index (κ2) is 8.45. The van der Waals surface area contributed by atoms with E-state index in [0.29, 0.717) is 23.1 Å². The topological polar surface area (TPSA) is 103 Å². The van der Waals surface area contributed by atoms with Gasteiger partial charge in [-0.1, -0.05) is 42.1 Å². The predicted octanol–water partition coefficient (Wildman–Crippen LogP) is 3.60. The van der Waals surface area contributed by atoms with E-state index >= 15 is 0 Å². The van der Waals surface area contributed by atoms with E-state index in [1.165, 1.54) is 23.9 Å². The Morgan fingerprint density at radius 2 is 1.96 bits per heavy atom. The standard InChI is InChI=1S/C18H17N5O3S/c1-2-22-17(13-7-6-10-15(11-13)23(25)26)20-21-18(22)27-12-16(24)19-14-8-4-3-5-9-14/h3-11H,2,12H2,1H3,(H,19,24). The van der Waals surface area contributed by atoms with Crippen molar-refractivity contribution in [2.75, 3.05) is 11.1 Å². The minimum absolute atomic E-state index is 0.00500. The first kappa shape index (κ1) is 18.6. The Morgan fingerprint density at radius 1 is 1.19 bits per heavy atom. The molecular weight excluding hydrogens is 366 g/mol. The maximum atomic E-state index is 12.1. The number of amides is 1. The maximum Gasteiger partial charge on any atom is 0.270 e. The van der Waals surface area contributed by atoms with Crippen molar-refractivity contribution < 1.29 is 9.72 Å². The Labute approximate surface area is 159 Å². The summed E-state index contributed by atoms with van der Waals surface area (Å²) in [6.07, 6.45) is 0. The van der Waals surface area contributed by atoms with Gasteiger partial charge in [-0.3, -0.25) is 14.9 Å². The van der Waals surface area contributed by atoms with Gasteiger partial charge in [-0.15, -0.1) is 10.2 Å². The molecule has 0 radical (unpaired) electrons. The quantitative estimate of drug-likeness (QED) is 0.380. The summed E-state index contributed by atoms with van der Waals surface area (Å²) in [5.74, 6) is 0.572. The third-order valence-corrected chi connectivity index (χ3v) is 4.70. The van der Waals surface area contributed by atoms with Crippen molar-refractivity contribution in [3.05, 3.63) is 64.7 Å². The molecule has 1 N–H and O–H groups in total. The average Bonchev–Trinajstić information content (AvgIpc) is 3.10. The number of benzene rings is 2. The van der Waals surface area contributed by atoms with Gasteiger partial charge in [0.15, 0.2) is 11.0 Å². The molecule has 1 amide bonds. The third-order valence-electron chi connectivity index (χ3n) is 3.74. The Bertz CT molecular complexity index is 959.